The second-order valence-corrected chi connectivity index (χ2v) is 8.36. The maximum Gasteiger partial charge on any atom is -0.000718 e. The van der Waals surface area contributed by atoms with Crippen LogP contribution in [-0.2, 0) is 19.3 Å². The molecule has 0 nitrogen and oxygen atoms in total. The zero-order chi connectivity index (χ0) is 20.1. The quantitative estimate of drug-likeness (QED) is 0.274. The van der Waals surface area contributed by atoms with E-state index in [1.807, 2.05) is 0 Å². The highest BCUT2D eigenvalue weighted by molar-refractivity contribution is 6.06. The Morgan fingerprint density at radius 3 is 1.80 bits per heavy atom. The van der Waals surface area contributed by atoms with Crippen LogP contribution in [0.4, 0.5) is 0 Å². The van der Waals surface area contributed by atoms with E-state index in [0.717, 1.165) is 19.3 Å². The number of aryl methyl sites for hydroxylation is 1. The fraction of sp³-hybridized carbons (Fsp3) is 0.133. The van der Waals surface area contributed by atoms with Gasteiger partial charge in [0.15, 0.2) is 0 Å². The van der Waals surface area contributed by atoms with Gasteiger partial charge in [-0.1, -0.05) is 97.9 Å². The first-order chi connectivity index (χ1) is 14.8. The molecular weight excluding hydrogens is 360 g/mol. The van der Waals surface area contributed by atoms with Gasteiger partial charge in [0.1, 0.15) is 0 Å². The summed E-state index contributed by atoms with van der Waals surface area (Å²) < 4.78 is 0. The van der Waals surface area contributed by atoms with Crippen LogP contribution in [0.2, 0.25) is 0 Å². The average Bonchev–Trinajstić information content (AvgIpc) is 3.18. The lowest BCUT2D eigenvalue weighted by molar-refractivity contribution is 1.17. The minimum Gasteiger partial charge on any atom is -0.0619 e. The Morgan fingerprint density at radius 1 is 0.567 bits per heavy atom. The van der Waals surface area contributed by atoms with Crippen molar-refractivity contribution in [2.75, 3.05) is 0 Å². The van der Waals surface area contributed by atoms with Crippen LogP contribution in [0.3, 0.4) is 0 Å². The van der Waals surface area contributed by atoms with Gasteiger partial charge in [-0.2, -0.15) is 0 Å². The van der Waals surface area contributed by atoms with Crippen LogP contribution in [-0.4, -0.2) is 0 Å². The van der Waals surface area contributed by atoms with E-state index in [-0.39, 0.29) is 0 Å². The smallest absolute Gasteiger partial charge is 0.000718 e. The van der Waals surface area contributed by atoms with Crippen molar-refractivity contribution in [3.05, 3.63) is 119 Å². The van der Waals surface area contributed by atoms with Crippen LogP contribution < -0.4 is 0 Å². The number of fused-ring (bicyclic) bond motifs is 5. The molecule has 0 aromatic heterocycles. The largest absolute Gasteiger partial charge is 0.0619 e. The molecule has 6 rings (SSSR count). The van der Waals surface area contributed by atoms with Crippen LogP contribution in [0.25, 0.3) is 32.7 Å². The summed E-state index contributed by atoms with van der Waals surface area (Å²) >= 11 is 0. The van der Waals surface area contributed by atoms with Gasteiger partial charge in [0.2, 0.25) is 0 Å². The summed E-state index contributed by atoms with van der Waals surface area (Å²) in [6.45, 7) is 2.27. The molecule has 0 N–H and O–H groups in total. The summed E-state index contributed by atoms with van der Waals surface area (Å²) in [7, 11) is 0. The van der Waals surface area contributed by atoms with E-state index in [9.17, 15) is 0 Å². The van der Waals surface area contributed by atoms with E-state index in [1.165, 1.54) is 60.5 Å². The predicted octanol–water partition coefficient (Wildman–Crippen LogP) is 7.72. The van der Waals surface area contributed by atoms with Gasteiger partial charge in [-0.05, 0) is 79.8 Å². The average molecular weight is 385 g/mol. The Labute approximate surface area is 177 Å². The minimum absolute atomic E-state index is 0.961. The van der Waals surface area contributed by atoms with Crippen LogP contribution in [0.1, 0.15) is 34.7 Å². The molecule has 0 radical (unpaired) electrons. The summed E-state index contributed by atoms with van der Waals surface area (Å²) in [5, 5.41) is 5.61. The van der Waals surface area contributed by atoms with Gasteiger partial charge >= 0.3 is 0 Å². The molecule has 0 spiro atoms. The number of hydrogen-bond acceptors (Lipinski definition) is 0. The number of rotatable bonds is 3. The van der Waals surface area contributed by atoms with Crippen molar-refractivity contribution >= 4 is 21.5 Å². The van der Waals surface area contributed by atoms with Crippen LogP contribution in [0, 0.1) is 0 Å². The van der Waals surface area contributed by atoms with Crippen molar-refractivity contribution in [2.24, 2.45) is 0 Å². The molecule has 144 valence electrons. The van der Waals surface area contributed by atoms with Crippen molar-refractivity contribution in [1.29, 1.82) is 0 Å². The molecule has 0 saturated carbocycles. The van der Waals surface area contributed by atoms with Gasteiger partial charge in [0.05, 0.1) is 0 Å². The molecule has 0 bridgehead atoms. The van der Waals surface area contributed by atoms with E-state index in [4.69, 9.17) is 0 Å². The van der Waals surface area contributed by atoms with Crippen LogP contribution >= 0.6 is 0 Å². The van der Waals surface area contributed by atoms with E-state index in [1.54, 1.807) is 0 Å². The summed E-state index contributed by atoms with van der Waals surface area (Å²) in [5.41, 5.74) is 10.2. The minimum atomic E-state index is 0.961. The molecule has 5 aromatic carbocycles. The topological polar surface area (TPSA) is 0 Å². The van der Waals surface area contributed by atoms with Crippen molar-refractivity contribution in [3.8, 4) is 11.1 Å². The molecule has 0 aliphatic heterocycles. The van der Waals surface area contributed by atoms with Gasteiger partial charge in [0, 0.05) is 0 Å². The molecule has 0 amide bonds. The number of hydrogen-bond donors (Lipinski definition) is 0. The Hall–Kier alpha value is -3.38. The molecule has 0 heteroatoms. The van der Waals surface area contributed by atoms with E-state index in [0.29, 0.717) is 0 Å². The molecule has 30 heavy (non-hydrogen) atoms. The lowest BCUT2D eigenvalue weighted by Crippen LogP contribution is -1.98. The highest BCUT2D eigenvalue weighted by Crippen LogP contribution is 2.41. The van der Waals surface area contributed by atoms with Gasteiger partial charge in [-0.25, -0.2) is 0 Å². The van der Waals surface area contributed by atoms with Gasteiger partial charge < -0.3 is 0 Å². The second kappa shape index (κ2) is 6.85. The van der Waals surface area contributed by atoms with Crippen molar-refractivity contribution in [2.45, 2.75) is 26.2 Å². The SMILES string of the molecule is CCc1c2ccccc2c(Cc2cccc3c2-c2ccccc2C3)c2ccccc12. The Kier molecular flexibility index (Phi) is 3.99. The monoisotopic (exact) mass is 384 g/mol. The molecule has 0 saturated heterocycles. The third-order valence-electron chi connectivity index (χ3n) is 6.78. The summed E-state index contributed by atoms with van der Waals surface area (Å²) in [6, 6.07) is 33.7. The van der Waals surface area contributed by atoms with E-state index in [2.05, 4.69) is 97.9 Å². The number of benzene rings is 5. The first-order valence-electron chi connectivity index (χ1n) is 11.0. The predicted molar refractivity (Wildman–Crippen MR) is 128 cm³/mol. The van der Waals surface area contributed by atoms with Gasteiger partial charge in [-0.3, -0.25) is 0 Å². The van der Waals surface area contributed by atoms with Crippen LogP contribution in [0.15, 0.2) is 91.0 Å². The van der Waals surface area contributed by atoms with E-state index >= 15 is 0 Å². The summed E-state index contributed by atoms with van der Waals surface area (Å²) in [5.74, 6) is 0. The maximum absolute atomic E-state index is 2.33. The first-order valence-corrected chi connectivity index (χ1v) is 11.0. The molecule has 0 heterocycles. The molecular formula is C30H24. The molecule has 0 atom stereocenters. The molecule has 5 aromatic rings. The molecule has 0 fully saturated rings. The standard InChI is InChI=1S/C30H24/c1-2-23-25-14-5-7-16-27(25)29(28-17-8-6-15-26(23)28)19-22-12-9-11-21-18-20-10-3-4-13-24(20)30(21)22/h3-17H,2,18-19H2,1H3. The van der Waals surface area contributed by atoms with Gasteiger partial charge in [0.25, 0.3) is 0 Å². The zero-order valence-electron chi connectivity index (χ0n) is 17.3. The third kappa shape index (κ3) is 2.53. The van der Waals surface area contributed by atoms with Crippen LogP contribution in [0.5, 0.6) is 0 Å². The lowest BCUT2D eigenvalue weighted by atomic mass is 9.86. The molecule has 1 aliphatic carbocycles. The Balaban J connectivity index is 1.63. The highest BCUT2D eigenvalue weighted by atomic mass is 14.3. The fourth-order valence-corrected chi connectivity index (χ4v) is 5.49. The highest BCUT2D eigenvalue weighted by Gasteiger charge is 2.22. The normalized spacial score (nSPS) is 12.3. The zero-order valence-corrected chi connectivity index (χ0v) is 17.3. The van der Waals surface area contributed by atoms with Crippen molar-refractivity contribution < 1.29 is 0 Å². The fourth-order valence-electron chi connectivity index (χ4n) is 5.49. The maximum atomic E-state index is 2.33. The van der Waals surface area contributed by atoms with Gasteiger partial charge in [-0.15, -0.1) is 0 Å². The van der Waals surface area contributed by atoms with Crippen molar-refractivity contribution in [1.82, 2.24) is 0 Å². The second-order valence-electron chi connectivity index (χ2n) is 8.36. The lowest BCUT2D eigenvalue weighted by Gasteiger charge is -2.18. The van der Waals surface area contributed by atoms with E-state index < -0.39 is 0 Å². The summed E-state index contributed by atoms with van der Waals surface area (Å²) in [4.78, 5) is 0. The summed E-state index contributed by atoms with van der Waals surface area (Å²) in [6.07, 6.45) is 3.06. The third-order valence-corrected chi connectivity index (χ3v) is 6.78. The van der Waals surface area contributed by atoms with Crippen molar-refractivity contribution in [3.63, 3.8) is 0 Å². The Morgan fingerprint density at radius 2 is 1.13 bits per heavy atom. The molecule has 1 aliphatic rings. The Bertz CT molecular complexity index is 1360. The molecule has 0 unspecified atom stereocenters. The first kappa shape index (κ1) is 17.5.